The highest BCUT2D eigenvalue weighted by Gasteiger charge is 2.51. The van der Waals surface area contributed by atoms with Crippen molar-refractivity contribution in [2.45, 2.75) is 115 Å². The first kappa shape index (κ1) is 28.2. The third kappa shape index (κ3) is 11.0. The zero-order chi connectivity index (χ0) is 23.3. The van der Waals surface area contributed by atoms with Crippen LogP contribution in [-0.4, -0.2) is 50.2 Å². The van der Waals surface area contributed by atoms with Crippen molar-refractivity contribution in [1.29, 1.82) is 0 Å². The predicted octanol–water partition coefficient (Wildman–Crippen LogP) is 4.66. The summed E-state index contributed by atoms with van der Waals surface area (Å²) in [6, 6.07) is 0. The molecule has 0 aromatic carbocycles. The van der Waals surface area contributed by atoms with Gasteiger partial charge in [-0.3, -0.25) is 4.18 Å². The predicted molar refractivity (Wildman–Crippen MR) is 110 cm³/mol. The van der Waals surface area contributed by atoms with Gasteiger partial charge in [0.1, 0.15) is 12.2 Å². The van der Waals surface area contributed by atoms with Crippen LogP contribution in [0.4, 0.5) is 13.2 Å². The number of hydrogen-bond acceptors (Lipinski definition) is 6. The Hall–Kier alpha value is -0.860. The van der Waals surface area contributed by atoms with Crippen LogP contribution in [0, 0.1) is 11.8 Å². The van der Waals surface area contributed by atoms with Crippen LogP contribution in [0.2, 0.25) is 0 Å². The number of halogens is 3. The van der Waals surface area contributed by atoms with Crippen molar-refractivity contribution in [3.05, 3.63) is 0 Å². The first-order chi connectivity index (χ1) is 14.6. The SMILES string of the molecule is CCCCCCCCCCCC#CC[C@@H](O)[C@H]1O[C@@H](C)OC[C@H]1OS(=O)(=O)C(F)(F)F. The standard InChI is InChI=1S/C21H35F3O6S/c1-3-4-5-6-7-8-9-10-11-12-13-14-15-18(25)20-19(16-28-17(2)29-20)30-31(26,27)21(22,23)24/h17-20,25H,3-12,15-16H2,1-2H3/t17-,18+,19+,20+/m0/s1. The Morgan fingerprint density at radius 1 is 1.06 bits per heavy atom. The van der Waals surface area contributed by atoms with E-state index in [0.29, 0.717) is 6.42 Å². The van der Waals surface area contributed by atoms with Crippen molar-refractivity contribution >= 4 is 10.1 Å². The molecule has 10 heteroatoms. The Labute approximate surface area is 183 Å². The van der Waals surface area contributed by atoms with Gasteiger partial charge in [-0.2, -0.15) is 21.6 Å². The highest BCUT2D eigenvalue weighted by Crippen LogP contribution is 2.29. The van der Waals surface area contributed by atoms with E-state index in [1.54, 1.807) is 0 Å². The summed E-state index contributed by atoms with van der Waals surface area (Å²) >= 11 is 0. The van der Waals surface area contributed by atoms with Crippen LogP contribution in [0.3, 0.4) is 0 Å². The Bertz CT molecular complexity index is 656. The second kappa shape index (κ2) is 14.3. The second-order valence-corrected chi connectivity index (χ2v) is 9.30. The molecule has 0 amide bonds. The van der Waals surface area contributed by atoms with Crippen LogP contribution in [0.1, 0.15) is 84.5 Å². The Balaban J connectivity index is 2.37. The topological polar surface area (TPSA) is 82.1 Å². The smallest absolute Gasteiger partial charge is 0.389 e. The minimum absolute atomic E-state index is 0.0687. The van der Waals surface area contributed by atoms with Gasteiger partial charge in [0, 0.05) is 12.8 Å². The number of hydrogen-bond donors (Lipinski definition) is 1. The molecule has 0 aromatic heterocycles. The van der Waals surface area contributed by atoms with E-state index in [0.717, 1.165) is 19.3 Å². The second-order valence-electron chi connectivity index (χ2n) is 7.74. The summed E-state index contributed by atoms with van der Waals surface area (Å²) < 4.78 is 74.8. The van der Waals surface area contributed by atoms with E-state index < -0.39 is 46.8 Å². The zero-order valence-corrected chi connectivity index (χ0v) is 19.1. The van der Waals surface area contributed by atoms with Crippen LogP contribution in [0.5, 0.6) is 0 Å². The maximum Gasteiger partial charge on any atom is 0.523 e. The van der Waals surface area contributed by atoms with Gasteiger partial charge in [0.15, 0.2) is 6.29 Å². The Morgan fingerprint density at radius 3 is 2.23 bits per heavy atom. The minimum Gasteiger partial charge on any atom is -0.389 e. The van der Waals surface area contributed by atoms with Gasteiger partial charge >= 0.3 is 15.6 Å². The quantitative estimate of drug-likeness (QED) is 0.182. The van der Waals surface area contributed by atoms with Gasteiger partial charge in [0.2, 0.25) is 0 Å². The van der Waals surface area contributed by atoms with Crippen LogP contribution >= 0.6 is 0 Å². The van der Waals surface area contributed by atoms with Gasteiger partial charge in [0.25, 0.3) is 0 Å². The minimum atomic E-state index is -5.84. The van der Waals surface area contributed by atoms with E-state index >= 15 is 0 Å². The fourth-order valence-corrected chi connectivity index (χ4v) is 3.82. The van der Waals surface area contributed by atoms with Crippen molar-refractivity contribution < 1.29 is 40.4 Å². The van der Waals surface area contributed by atoms with Crippen LogP contribution in [-0.2, 0) is 23.8 Å². The number of ether oxygens (including phenoxy) is 2. The molecule has 1 heterocycles. The molecule has 4 atom stereocenters. The maximum absolute atomic E-state index is 12.6. The molecule has 0 saturated carbocycles. The maximum atomic E-state index is 12.6. The summed E-state index contributed by atoms with van der Waals surface area (Å²) in [5, 5.41) is 10.3. The third-order valence-electron chi connectivity index (χ3n) is 4.96. The lowest BCUT2D eigenvalue weighted by molar-refractivity contribution is -0.258. The number of unbranched alkanes of at least 4 members (excludes halogenated alkanes) is 9. The Morgan fingerprint density at radius 2 is 1.65 bits per heavy atom. The number of aliphatic hydroxyl groups excluding tert-OH is 1. The molecule has 1 aliphatic heterocycles. The molecule has 1 N–H and O–H groups in total. The lowest BCUT2D eigenvalue weighted by Crippen LogP contribution is -2.51. The zero-order valence-electron chi connectivity index (χ0n) is 18.3. The van der Waals surface area contributed by atoms with E-state index in [4.69, 9.17) is 9.47 Å². The molecule has 0 aliphatic carbocycles. The average Bonchev–Trinajstić information content (AvgIpc) is 2.69. The van der Waals surface area contributed by atoms with E-state index in [-0.39, 0.29) is 6.42 Å². The van der Waals surface area contributed by atoms with Crippen LogP contribution < -0.4 is 0 Å². The van der Waals surface area contributed by atoms with Crippen molar-refractivity contribution in [3.8, 4) is 11.8 Å². The molecule has 6 nitrogen and oxygen atoms in total. The highest BCUT2D eigenvalue weighted by atomic mass is 32.2. The number of alkyl halides is 3. The van der Waals surface area contributed by atoms with Gasteiger partial charge in [-0.1, -0.05) is 58.3 Å². The molecule has 1 fully saturated rings. The van der Waals surface area contributed by atoms with Crippen LogP contribution in [0.25, 0.3) is 0 Å². The molecule has 0 unspecified atom stereocenters. The summed E-state index contributed by atoms with van der Waals surface area (Å²) in [6.45, 7) is 3.23. The van der Waals surface area contributed by atoms with Gasteiger partial charge in [-0.15, -0.1) is 11.8 Å². The Kier molecular flexibility index (Phi) is 13.0. The molecular formula is C21H35F3O6S. The van der Waals surface area contributed by atoms with Crippen molar-refractivity contribution in [2.24, 2.45) is 0 Å². The van der Waals surface area contributed by atoms with Gasteiger partial charge in [-0.25, -0.2) is 0 Å². The third-order valence-corrected chi connectivity index (χ3v) is 6.03. The summed E-state index contributed by atoms with van der Waals surface area (Å²) in [5.41, 5.74) is -5.57. The van der Waals surface area contributed by atoms with E-state index in [1.165, 1.54) is 45.4 Å². The molecule has 1 rings (SSSR count). The molecule has 182 valence electrons. The molecule has 1 saturated heterocycles. The number of aliphatic hydroxyl groups is 1. The van der Waals surface area contributed by atoms with Gasteiger partial charge in [-0.05, 0) is 13.3 Å². The molecule has 0 bridgehead atoms. The monoisotopic (exact) mass is 472 g/mol. The molecule has 0 aromatic rings. The first-order valence-corrected chi connectivity index (χ1v) is 12.4. The van der Waals surface area contributed by atoms with Gasteiger partial charge in [0.05, 0.1) is 12.7 Å². The molecule has 0 spiro atoms. The molecule has 0 radical (unpaired) electrons. The molecular weight excluding hydrogens is 437 g/mol. The fourth-order valence-electron chi connectivity index (χ4n) is 3.22. The fraction of sp³-hybridized carbons (Fsp3) is 0.905. The summed E-state index contributed by atoms with van der Waals surface area (Å²) in [6.07, 6.45) is 6.34. The lowest BCUT2D eigenvalue weighted by atomic mass is 10.0. The van der Waals surface area contributed by atoms with E-state index in [1.807, 2.05) is 0 Å². The van der Waals surface area contributed by atoms with E-state index in [9.17, 15) is 26.7 Å². The van der Waals surface area contributed by atoms with Crippen LogP contribution in [0.15, 0.2) is 0 Å². The lowest BCUT2D eigenvalue weighted by Gasteiger charge is -2.36. The van der Waals surface area contributed by atoms with Crippen molar-refractivity contribution in [3.63, 3.8) is 0 Å². The normalized spacial score (nSPS) is 23.2. The summed E-state index contributed by atoms with van der Waals surface area (Å²) in [7, 11) is -5.84. The number of rotatable bonds is 13. The highest BCUT2D eigenvalue weighted by molar-refractivity contribution is 7.87. The molecule has 31 heavy (non-hydrogen) atoms. The van der Waals surface area contributed by atoms with Gasteiger partial charge < -0.3 is 14.6 Å². The largest absolute Gasteiger partial charge is 0.523 e. The summed E-state index contributed by atoms with van der Waals surface area (Å²) in [5.74, 6) is 5.73. The summed E-state index contributed by atoms with van der Waals surface area (Å²) in [4.78, 5) is 0. The van der Waals surface area contributed by atoms with Crippen molar-refractivity contribution in [1.82, 2.24) is 0 Å². The van der Waals surface area contributed by atoms with Crippen molar-refractivity contribution in [2.75, 3.05) is 6.61 Å². The first-order valence-electron chi connectivity index (χ1n) is 11.0. The average molecular weight is 473 g/mol. The van der Waals surface area contributed by atoms with E-state index in [2.05, 4.69) is 22.9 Å². The molecule has 1 aliphatic rings.